The normalized spacial score (nSPS) is 12.0. The van der Waals surface area contributed by atoms with Gasteiger partial charge in [-0.1, -0.05) is 30.0 Å². The second-order valence-electron chi connectivity index (χ2n) is 8.11. The number of amides is 1. The molecule has 38 heavy (non-hydrogen) atoms. The van der Waals surface area contributed by atoms with Crippen molar-refractivity contribution < 1.29 is 18.7 Å². The number of halogens is 1. The summed E-state index contributed by atoms with van der Waals surface area (Å²) < 4.78 is 27.2. The van der Waals surface area contributed by atoms with E-state index in [1.54, 1.807) is 52.7 Å². The number of aromatic nitrogens is 5. The molecule has 5 aromatic rings. The first-order valence-corrected chi connectivity index (χ1v) is 13.4. The van der Waals surface area contributed by atoms with Gasteiger partial charge in [0, 0.05) is 29.9 Å². The highest BCUT2D eigenvalue weighted by Crippen LogP contribution is 2.33. The standard InChI is InChI=1S/C26H19FN6O3S2/c27-18-3-1-2-4-20(18)33-24(17-7-9-28-10-8-17)31-32-26(33)38-14-23-30-19(13-37-23)25(34)29-12-16-5-6-21-22(11-16)36-15-35-21/h1-11,13H,12,14-15H2,(H,29,34). The maximum atomic E-state index is 14.8. The molecular formula is C26H19FN6O3S2. The molecule has 0 atom stereocenters. The molecule has 0 saturated carbocycles. The quantitative estimate of drug-likeness (QED) is 0.275. The number of para-hydroxylation sites is 1. The third-order valence-electron chi connectivity index (χ3n) is 5.66. The van der Waals surface area contributed by atoms with Crippen LogP contribution in [0.4, 0.5) is 4.39 Å². The summed E-state index contributed by atoms with van der Waals surface area (Å²) >= 11 is 2.74. The Kier molecular flexibility index (Phi) is 6.71. The molecule has 0 spiro atoms. The Morgan fingerprint density at radius 3 is 2.79 bits per heavy atom. The van der Waals surface area contributed by atoms with E-state index in [1.807, 2.05) is 18.2 Å². The number of nitrogens with one attached hydrogen (secondary N) is 1. The number of ether oxygens (including phenoxy) is 2. The lowest BCUT2D eigenvalue weighted by Crippen LogP contribution is -2.23. The van der Waals surface area contributed by atoms with Gasteiger partial charge in [0.2, 0.25) is 6.79 Å². The number of carbonyl (C=O) groups is 1. The van der Waals surface area contributed by atoms with Gasteiger partial charge in [0.15, 0.2) is 22.5 Å². The Morgan fingerprint density at radius 1 is 1.08 bits per heavy atom. The van der Waals surface area contributed by atoms with E-state index in [-0.39, 0.29) is 18.5 Å². The lowest BCUT2D eigenvalue weighted by atomic mass is 10.2. The zero-order chi connectivity index (χ0) is 25.9. The monoisotopic (exact) mass is 546 g/mol. The van der Waals surface area contributed by atoms with Crippen LogP contribution >= 0.6 is 23.1 Å². The Bertz CT molecular complexity index is 1610. The smallest absolute Gasteiger partial charge is 0.271 e. The molecule has 4 heterocycles. The Labute approximate surface area is 224 Å². The summed E-state index contributed by atoms with van der Waals surface area (Å²) in [6.07, 6.45) is 3.30. The molecule has 0 saturated heterocycles. The lowest BCUT2D eigenvalue weighted by molar-refractivity contribution is 0.0946. The fraction of sp³-hybridized carbons (Fsp3) is 0.115. The molecule has 1 aliphatic rings. The van der Waals surface area contributed by atoms with Gasteiger partial charge in [-0.2, -0.15) is 0 Å². The fourth-order valence-corrected chi connectivity index (χ4v) is 5.57. The van der Waals surface area contributed by atoms with E-state index in [1.165, 1.54) is 29.2 Å². The van der Waals surface area contributed by atoms with Crippen LogP contribution in [0.2, 0.25) is 0 Å². The molecule has 1 aliphatic heterocycles. The zero-order valence-corrected chi connectivity index (χ0v) is 21.3. The van der Waals surface area contributed by atoms with E-state index in [2.05, 4.69) is 25.5 Å². The number of fused-ring (bicyclic) bond motifs is 1. The van der Waals surface area contributed by atoms with Crippen LogP contribution in [0.15, 0.2) is 77.5 Å². The van der Waals surface area contributed by atoms with E-state index in [0.29, 0.717) is 46.2 Å². The highest BCUT2D eigenvalue weighted by molar-refractivity contribution is 7.98. The average Bonchev–Trinajstić information content (AvgIpc) is 3.71. The molecule has 0 bridgehead atoms. The summed E-state index contributed by atoms with van der Waals surface area (Å²) in [5.41, 5.74) is 2.33. The largest absolute Gasteiger partial charge is 0.454 e. The van der Waals surface area contributed by atoms with Crippen molar-refractivity contribution >= 4 is 29.0 Å². The minimum Gasteiger partial charge on any atom is -0.454 e. The molecule has 0 fully saturated rings. The van der Waals surface area contributed by atoms with Crippen molar-refractivity contribution in [3.05, 3.63) is 94.5 Å². The van der Waals surface area contributed by atoms with Gasteiger partial charge < -0.3 is 14.8 Å². The fourth-order valence-electron chi connectivity index (χ4n) is 3.83. The molecule has 190 valence electrons. The van der Waals surface area contributed by atoms with Crippen molar-refractivity contribution in [3.8, 4) is 28.6 Å². The van der Waals surface area contributed by atoms with Crippen molar-refractivity contribution in [3.63, 3.8) is 0 Å². The van der Waals surface area contributed by atoms with Gasteiger partial charge in [-0.3, -0.25) is 14.3 Å². The highest BCUT2D eigenvalue weighted by Gasteiger charge is 2.20. The average molecular weight is 547 g/mol. The summed E-state index contributed by atoms with van der Waals surface area (Å²) in [6, 6.07) is 15.6. The first kappa shape index (κ1) is 24.1. The van der Waals surface area contributed by atoms with Crippen LogP contribution in [-0.2, 0) is 12.3 Å². The topological polar surface area (TPSA) is 104 Å². The van der Waals surface area contributed by atoms with Crippen LogP contribution < -0.4 is 14.8 Å². The summed E-state index contributed by atoms with van der Waals surface area (Å²) in [4.78, 5) is 21.2. The lowest BCUT2D eigenvalue weighted by Gasteiger charge is -2.10. The van der Waals surface area contributed by atoms with Crippen molar-refractivity contribution in [2.24, 2.45) is 0 Å². The van der Waals surface area contributed by atoms with Crippen LogP contribution in [0.3, 0.4) is 0 Å². The molecule has 6 rings (SSSR count). The van der Waals surface area contributed by atoms with E-state index in [9.17, 15) is 9.18 Å². The molecular weight excluding hydrogens is 527 g/mol. The number of hydrogen-bond donors (Lipinski definition) is 1. The molecule has 0 unspecified atom stereocenters. The predicted molar refractivity (Wildman–Crippen MR) is 140 cm³/mol. The van der Waals surface area contributed by atoms with Gasteiger partial charge in [-0.25, -0.2) is 9.37 Å². The second-order valence-corrected chi connectivity index (χ2v) is 10.00. The molecule has 1 N–H and O–H groups in total. The van der Waals surface area contributed by atoms with Crippen LogP contribution in [0.5, 0.6) is 11.5 Å². The van der Waals surface area contributed by atoms with Crippen LogP contribution in [-0.4, -0.2) is 37.4 Å². The molecule has 3 aromatic heterocycles. The van der Waals surface area contributed by atoms with E-state index >= 15 is 0 Å². The van der Waals surface area contributed by atoms with Gasteiger partial charge in [0.05, 0.1) is 11.4 Å². The number of thioether (sulfide) groups is 1. The van der Waals surface area contributed by atoms with E-state index < -0.39 is 0 Å². The summed E-state index contributed by atoms with van der Waals surface area (Å²) in [7, 11) is 0. The summed E-state index contributed by atoms with van der Waals surface area (Å²) in [5.74, 6) is 1.64. The first-order chi connectivity index (χ1) is 18.7. The number of thiazole rings is 1. The number of nitrogens with zero attached hydrogens (tertiary/aromatic N) is 5. The third kappa shape index (κ3) is 4.95. The van der Waals surface area contributed by atoms with Crippen LogP contribution in [0, 0.1) is 5.82 Å². The number of carbonyl (C=O) groups excluding carboxylic acids is 1. The van der Waals surface area contributed by atoms with Gasteiger partial charge in [-0.15, -0.1) is 21.5 Å². The van der Waals surface area contributed by atoms with Crippen LogP contribution in [0.25, 0.3) is 17.1 Å². The number of pyridine rings is 1. The second kappa shape index (κ2) is 10.6. The molecule has 2 aromatic carbocycles. The van der Waals surface area contributed by atoms with Crippen molar-refractivity contribution in [1.82, 2.24) is 30.0 Å². The van der Waals surface area contributed by atoms with Crippen molar-refractivity contribution in [1.29, 1.82) is 0 Å². The van der Waals surface area contributed by atoms with E-state index in [4.69, 9.17) is 9.47 Å². The number of rotatable bonds is 8. The van der Waals surface area contributed by atoms with Gasteiger partial charge in [0.25, 0.3) is 5.91 Å². The SMILES string of the molecule is O=C(NCc1ccc2c(c1)OCO2)c1csc(CSc2nnc(-c3ccncc3)n2-c2ccccc2F)n1. The third-order valence-corrected chi connectivity index (χ3v) is 7.64. The zero-order valence-electron chi connectivity index (χ0n) is 19.7. The Balaban J connectivity index is 1.16. The van der Waals surface area contributed by atoms with Crippen molar-refractivity contribution in [2.45, 2.75) is 17.5 Å². The summed E-state index contributed by atoms with van der Waals surface area (Å²) in [5, 5.41) is 14.5. The maximum Gasteiger partial charge on any atom is 0.271 e. The predicted octanol–water partition coefficient (Wildman–Crippen LogP) is 4.88. The van der Waals surface area contributed by atoms with Gasteiger partial charge in [0.1, 0.15) is 16.5 Å². The molecule has 1 amide bonds. The minimum absolute atomic E-state index is 0.201. The molecule has 9 nitrogen and oxygen atoms in total. The molecule has 12 heteroatoms. The Hall–Kier alpha value is -4.29. The summed E-state index contributed by atoms with van der Waals surface area (Å²) in [6.45, 7) is 0.535. The van der Waals surface area contributed by atoms with E-state index in [0.717, 1.165) is 16.1 Å². The number of benzene rings is 2. The first-order valence-electron chi connectivity index (χ1n) is 11.5. The molecule has 0 aliphatic carbocycles. The maximum absolute atomic E-state index is 14.8. The minimum atomic E-state index is -0.389. The molecule has 0 radical (unpaired) electrons. The van der Waals surface area contributed by atoms with Gasteiger partial charge in [-0.05, 0) is 42.0 Å². The number of hydrogen-bond acceptors (Lipinski definition) is 9. The van der Waals surface area contributed by atoms with Crippen LogP contribution in [0.1, 0.15) is 21.1 Å². The van der Waals surface area contributed by atoms with Gasteiger partial charge >= 0.3 is 0 Å². The Morgan fingerprint density at radius 2 is 1.92 bits per heavy atom. The highest BCUT2D eigenvalue weighted by atomic mass is 32.2. The van der Waals surface area contributed by atoms with Crippen molar-refractivity contribution in [2.75, 3.05) is 6.79 Å².